The molecule has 0 aromatic carbocycles. The smallest absolute Gasteiger partial charge is 0.0103 e. The molecular formula is C8H13N. The lowest BCUT2D eigenvalue weighted by molar-refractivity contribution is 0.508. The van der Waals surface area contributed by atoms with Crippen molar-refractivity contribution in [2.45, 2.75) is 31.7 Å². The average molecular weight is 123 g/mol. The first-order valence-corrected chi connectivity index (χ1v) is 3.56. The van der Waals surface area contributed by atoms with E-state index < -0.39 is 0 Å². The first-order chi connectivity index (χ1) is 4.43. The van der Waals surface area contributed by atoms with Gasteiger partial charge in [0.2, 0.25) is 0 Å². The van der Waals surface area contributed by atoms with Gasteiger partial charge in [0.05, 0.1) is 0 Å². The van der Waals surface area contributed by atoms with Crippen LogP contribution in [0.1, 0.15) is 25.7 Å². The highest BCUT2D eigenvalue weighted by atomic mass is 14.9. The van der Waals surface area contributed by atoms with Crippen molar-refractivity contribution in [3.8, 4) is 11.8 Å². The van der Waals surface area contributed by atoms with Crippen molar-refractivity contribution in [3.05, 3.63) is 0 Å². The van der Waals surface area contributed by atoms with E-state index in [9.17, 15) is 0 Å². The second-order valence-electron chi connectivity index (χ2n) is 2.42. The van der Waals surface area contributed by atoms with Gasteiger partial charge in [0.25, 0.3) is 0 Å². The van der Waals surface area contributed by atoms with E-state index >= 15 is 0 Å². The second kappa shape index (κ2) is 3.53. The van der Waals surface area contributed by atoms with Crippen LogP contribution in [0.15, 0.2) is 0 Å². The van der Waals surface area contributed by atoms with Crippen LogP contribution >= 0.6 is 0 Å². The normalized spacial score (nSPS) is 20.1. The summed E-state index contributed by atoms with van der Waals surface area (Å²) in [6, 6.07) is 0.701. The lowest BCUT2D eigenvalue weighted by Crippen LogP contribution is -2.23. The fourth-order valence-corrected chi connectivity index (χ4v) is 1.10. The summed E-state index contributed by atoms with van der Waals surface area (Å²) in [6.45, 7) is 0. The van der Waals surface area contributed by atoms with Crippen LogP contribution in [0.3, 0.4) is 0 Å². The first-order valence-electron chi connectivity index (χ1n) is 3.56. The van der Waals surface area contributed by atoms with Crippen molar-refractivity contribution in [3.63, 3.8) is 0 Å². The van der Waals surface area contributed by atoms with Gasteiger partial charge in [0.15, 0.2) is 0 Å². The minimum absolute atomic E-state index is 0.701. The van der Waals surface area contributed by atoms with Gasteiger partial charge < -0.3 is 5.32 Å². The molecule has 1 heteroatoms. The molecule has 0 unspecified atom stereocenters. The van der Waals surface area contributed by atoms with Gasteiger partial charge in [0, 0.05) is 18.9 Å². The van der Waals surface area contributed by atoms with Gasteiger partial charge in [0.1, 0.15) is 0 Å². The number of nitrogens with one attached hydrogen (secondary N) is 1. The average Bonchev–Trinajstić information content (AvgIpc) is 2.13. The summed E-state index contributed by atoms with van der Waals surface area (Å²) in [7, 11) is 2.02. The van der Waals surface area contributed by atoms with Crippen molar-refractivity contribution in [1.29, 1.82) is 0 Å². The quantitative estimate of drug-likeness (QED) is 0.516. The molecule has 1 aliphatic carbocycles. The summed E-state index contributed by atoms with van der Waals surface area (Å²) in [6.07, 6.45) is 4.60. The molecule has 1 N–H and O–H groups in total. The van der Waals surface area contributed by atoms with Crippen LogP contribution in [0.5, 0.6) is 0 Å². The molecule has 0 saturated heterocycles. The van der Waals surface area contributed by atoms with Crippen LogP contribution in [0.4, 0.5) is 0 Å². The van der Waals surface area contributed by atoms with Crippen LogP contribution in [0.25, 0.3) is 0 Å². The van der Waals surface area contributed by atoms with E-state index in [1.54, 1.807) is 0 Å². The predicted molar refractivity (Wildman–Crippen MR) is 39.1 cm³/mol. The van der Waals surface area contributed by atoms with E-state index in [1.807, 2.05) is 7.05 Å². The van der Waals surface area contributed by atoms with E-state index in [0.717, 1.165) is 12.8 Å². The summed E-state index contributed by atoms with van der Waals surface area (Å²) in [5, 5.41) is 3.26. The monoisotopic (exact) mass is 123 g/mol. The molecule has 0 fully saturated rings. The van der Waals surface area contributed by atoms with Crippen molar-refractivity contribution < 1.29 is 0 Å². The highest BCUT2D eigenvalue weighted by Crippen LogP contribution is 2.06. The highest BCUT2D eigenvalue weighted by Gasteiger charge is 2.04. The molecule has 0 aromatic rings. The van der Waals surface area contributed by atoms with E-state index in [0.29, 0.717) is 6.04 Å². The van der Waals surface area contributed by atoms with Gasteiger partial charge in [-0.3, -0.25) is 0 Å². The van der Waals surface area contributed by atoms with Gasteiger partial charge in [-0.05, 0) is 19.9 Å². The Labute approximate surface area is 56.8 Å². The fraction of sp³-hybridized carbons (Fsp3) is 0.750. The van der Waals surface area contributed by atoms with Gasteiger partial charge in [-0.15, -0.1) is 11.8 Å². The Morgan fingerprint density at radius 2 is 1.78 bits per heavy atom. The Bertz CT molecular complexity index is 117. The number of hydrogen-bond acceptors (Lipinski definition) is 1. The van der Waals surface area contributed by atoms with Crippen LogP contribution < -0.4 is 5.32 Å². The van der Waals surface area contributed by atoms with Gasteiger partial charge in [-0.1, -0.05) is 0 Å². The molecule has 9 heavy (non-hydrogen) atoms. The van der Waals surface area contributed by atoms with Gasteiger partial charge in [-0.2, -0.15) is 0 Å². The predicted octanol–water partition coefficient (Wildman–Crippen LogP) is 1.15. The van der Waals surface area contributed by atoms with E-state index in [-0.39, 0.29) is 0 Å². The molecule has 1 aliphatic rings. The van der Waals surface area contributed by atoms with Crippen molar-refractivity contribution in [2.75, 3.05) is 7.05 Å². The summed E-state index contributed by atoms with van der Waals surface area (Å²) >= 11 is 0. The van der Waals surface area contributed by atoms with E-state index in [2.05, 4.69) is 17.2 Å². The van der Waals surface area contributed by atoms with E-state index in [1.165, 1.54) is 12.8 Å². The Hall–Kier alpha value is -0.480. The molecule has 0 amide bonds. The largest absolute Gasteiger partial charge is 0.317 e. The maximum absolute atomic E-state index is 3.26. The minimum Gasteiger partial charge on any atom is -0.317 e. The summed E-state index contributed by atoms with van der Waals surface area (Å²) < 4.78 is 0. The topological polar surface area (TPSA) is 12.0 Å². The SMILES string of the molecule is CNC1CCC#CCC1. The lowest BCUT2D eigenvalue weighted by atomic mass is 10.1. The molecule has 0 saturated carbocycles. The number of rotatable bonds is 1. The van der Waals surface area contributed by atoms with Gasteiger partial charge >= 0.3 is 0 Å². The zero-order valence-electron chi connectivity index (χ0n) is 5.91. The van der Waals surface area contributed by atoms with Crippen molar-refractivity contribution in [1.82, 2.24) is 5.32 Å². The van der Waals surface area contributed by atoms with Crippen LogP contribution in [0.2, 0.25) is 0 Å². The summed E-state index contributed by atoms with van der Waals surface area (Å²) in [5.74, 6) is 6.24. The van der Waals surface area contributed by atoms with Gasteiger partial charge in [-0.25, -0.2) is 0 Å². The molecule has 0 bridgehead atoms. The highest BCUT2D eigenvalue weighted by molar-refractivity contribution is 5.02. The Kier molecular flexibility index (Phi) is 2.60. The van der Waals surface area contributed by atoms with Crippen LogP contribution in [-0.2, 0) is 0 Å². The molecular weight excluding hydrogens is 110 g/mol. The Morgan fingerprint density at radius 3 is 2.22 bits per heavy atom. The van der Waals surface area contributed by atoms with Crippen LogP contribution in [-0.4, -0.2) is 13.1 Å². The fourth-order valence-electron chi connectivity index (χ4n) is 1.10. The molecule has 0 aliphatic heterocycles. The maximum Gasteiger partial charge on any atom is 0.0103 e. The third-order valence-corrected chi connectivity index (χ3v) is 1.77. The zero-order valence-corrected chi connectivity index (χ0v) is 5.91. The molecule has 1 nitrogen and oxygen atoms in total. The van der Waals surface area contributed by atoms with Crippen molar-refractivity contribution in [2.24, 2.45) is 0 Å². The van der Waals surface area contributed by atoms with E-state index in [4.69, 9.17) is 0 Å². The summed E-state index contributed by atoms with van der Waals surface area (Å²) in [5.41, 5.74) is 0. The molecule has 1 rings (SSSR count). The second-order valence-corrected chi connectivity index (χ2v) is 2.42. The summed E-state index contributed by atoms with van der Waals surface area (Å²) in [4.78, 5) is 0. The standard InChI is InChI=1S/C8H13N/c1-9-8-6-4-2-3-5-7-8/h8-9H,4-7H2,1H3. The molecule has 0 radical (unpaired) electrons. The third kappa shape index (κ3) is 2.07. The number of hydrogen-bond donors (Lipinski definition) is 1. The minimum atomic E-state index is 0.701. The maximum atomic E-state index is 3.26. The zero-order chi connectivity index (χ0) is 6.53. The molecule has 0 heterocycles. The Balaban J connectivity index is 2.29. The molecule has 0 aromatic heterocycles. The molecule has 50 valence electrons. The molecule has 0 spiro atoms. The Morgan fingerprint density at radius 1 is 1.22 bits per heavy atom. The molecule has 0 atom stereocenters. The van der Waals surface area contributed by atoms with Crippen LogP contribution in [0, 0.1) is 11.8 Å². The first kappa shape index (κ1) is 6.64. The van der Waals surface area contributed by atoms with Crippen molar-refractivity contribution >= 4 is 0 Å². The third-order valence-electron chi connectivity index (χ3n) is 1.77. The lowest BCUT2D eigenvalue weighted by Gasteiger charge is -2.10.